The summed E-state index contributed by atoms with van der Waals surface area (Å²) >= 11 is 5.92. The van der Waals surface area contributed by atoms with Crippen molar-refractivity contribution in [2.24, 2.45) is 11.8 Å². The highest BCUT2D eigenvalue weighted by molar-refractivity contribution is 7.89. The van der Waals surface area contributed by atoms with E-state index >= 15 is 0 Å². The molecule has 186 valence electrons. The van der Waals surface area contributed by atoms with Crippen molar-refractivity contribution in [2.75, 3.05) is 6.54 Å². The van der Waals surface area contributed by atoms with Crippen LogP contribution in [0, 0.1) is 23.2 Å². The minimum absolute atomic E-state index is 0.0768. The highest BCUT2D eigenvalue weighted by Gasteiger charge is 2.69. The van der Waals surface area contributed by atoms with E-state index in [1.165, 1.54) is 12.1 Å². The highest BCUT2D eigenvalue weighted by Crippen LogP contribution is 2.57. The molecule has 10 heteroatoms. The van der Waals surface area contributed by atoms with E-state index in [0.29, 0.717) is 32.5 Å². The Kier molecular flexibility index (Phi) is 6.80. The Morgan fingerprint density at radius 3 is 2.22 bits per heavy atom. The lowest BCUT2D eigenvalue weighted by Crippen LogP contribution is -2.51. The zero-order valence-electron chi connectivity index (χ0n) is 19.3. The maximum Gasteiger partial charge on any atom is 0.325 e. The molecule has 2 aliphatic rings. The summed E-state index contributed by atoms with van der Waals surface area (Å²) in [6, 6.07) is 14.8. The SMILES string of the molecule is CC1CC=C(C#N)C=C1C1CC1(C(=O)O)N(CC(=O)O)S(=O)(=O)c1ccc(-c2ccc(Cl)cc2)cc1. The molecule has 2 aromatic rings. The smallest absolute Gasteiger partial charge is 0.325 e. The van der Waals surface area contributed by atoms with Crippen molar-refractivity contribution in [3.05, 3.63) is 76.9 Å². The van der Waals surface area contributed by atoms with Crippen molar-refractivity contribution >= 4 is 33.6 Å². The number of benzene rings is 2. The highest BCUT2D eigenvalue weighted by atomic mass is 35.5. The molecule has 1 fully saturated rings. The van der Waals surface area contributed by atoms with E-state index in [-0.39, 0.29) is 17.2 Å². The number of hydrogen-bond acceptors (Lipinski definition) is 5. The normalized spacial score (nSPS) is 23.4. The van der Waals surface area contributed by atoms with Crippen LogP contribution in [0.4, 0.5) is 0 Å². The van der Waals surface area contributed by atoms with Gasteiger partial charge in [0.2, 0.25) is 10.0 Å². The van der Waals surface area contributed by atoms with Gasteiger partial charge < -0.3 is 10.2 Å². The van der Waals surface area contributed by atoms with Crippen LogP contribution in [0.1, 0.15) is 19.8 Å². The fraction of sp³-hybridized carbons (Fsp3) is 0.269. The second kappa shape index (κ2) is 9.54. The largest absolute Gasteiger partial charge is 0.480 e. The fourth-order valence-electron chi connectivity index (χ4n) is 4.76. The number of nitrogens with zero attached hydrogens (tertiary/aromatic N) is 2. The molecular weight excluding hydrogens is 504 g/mol. The van der Waals surface area contributed by atoms with Crippen molar-refractivity contribution in [3.63, 3.8) is 0 Å². The first-order chi connectivity index (χ1) is 17.0. The maximum atomic E-state index is 13.7. The van der Waals surface area contributed by atoms with Crippen LogP contribution >= 0.6 is 11.6 Å². The summed E-state index contributed by atoms with van der Waals surface area (Å²) < 4.78 is 27.9. The summed E-state index contributed by atoms with van der Waals surface area (Å²) in [5.41, 5.74) is 0.573. The summed E-state index contributed by atoms with van der Waals surface area (Å²) in [4.78, 5) is 24.1. The minimum Gasteiger partial charge on any atom is -0.480 e. The molecule has 3 atom stereocenters. The zero-order chi connectivity index (χ0) is 26.3. The van der Waals surface area contributed by atoms with E-state index in [0.717, 1.165) is 5.56 Å². The monoisotopic (exact) mass is 526 g/mol. The Morgan fingerprint density at radius 1 is 1.11 bits per heavy atom. The van der Waals surface area contributed by atoms with Crippen molar-refractivity contribution < 1.29 is 28.2 Å². The summed E-state index contributed by atoms with van der Waals surface area (Å²) in [5.74, 6) is -3.74. The quantitative estimate of drug-likeness (QED) is 0.522. The number of carboxylic acid groups (broad SMARTS) is 2. The molecule has 0 bridgehead atoms. The number of aliphatic carboxylic acids is 2. The van der Waals surface area contributed by atoms with Gasteiger partial charge >= 0.3 is 11.9 Å². The average molecular weight is 527 g/mol. The van der Waals surface area contributed by atoms with Gasteiger partial charge in [-0.2, -0.15) is 9.57 Å². The van der Waals surface area contributed by atoms with Crippen LogP contribution in [0.5, 0.6) is 0 Å². The van der Waals surface area contributed by atoms with Gasteiger partial charge in [-0.05, 0) is 60.2 Å². The Balaban J connectivity index is 1.73. The predicted octanol–water partition coefficient (Wildman–Crippen LogP) is 4.34. The molecule has 1 saturated carbocycles. The van der Waals surface area contributed by atoms with E-state index in [1.807, 2.05) is 13.0 Å². The van der Waals surface area contributed by atoms with Crippen LogP contribution in [0.25, 0.3) is 11.1 Å². The van der Waals surface area contributed by atoms with Gasteiger partial charge in [0.15, 0.2) is 0 Å². The second-order valence-corrected chi connectivity index (χ2v) is 11.3. The first-order valence-electron chi connectivity index (χ1n) is 11.2. The molecule has 0 saturated heterocycles. The van der Waals surface area contributed by atoms with E-state index in [1.54, 1.807) is 48.6 Å². The van der Waals surface area contributed by atoms with Gasteiger partial charge in [-0.3, -0.25) is 9.59 Å². The molecular formula is C26H23ClN2O6S. The van der Waals surface area contributed by atoms with E-state index < -0.39 is 40.0 Å². The maximum absolute atomic E-state index is 13.7. The number of carbonyl (C=O) groups is 2. The first kappa shape index (κ1) is 25.6. The fourth-order valence-corrected chi connectivity index (χ4v) is 6.61. The van der Waals surface area contributed by atoms with Crippen molar-refractivity contribution in [3.8, 4) is 17.2 Å². The molecule has 0 aromatic heterocycles. The number of rotatable bonds is 8. The van der Waals surface area contributed by atoms with Crippen molar-refractivity contribution in [2.45, 2.75) is 30.2 Å². The van der Waals surface area contributed by atoms with Gasteiger partial charge in [-0.15, -0.1) is 0 Å². The van der Waals surface area contributed by atoms with Crippen molar-refractivity contribution in [1.82, 2.24) is 4.31 Å². The van der Waals surface area contributed by atoms with Crippen LogP contribution < -0.4 is 0 Å². The standard InChI is InChI=1S/C26H23ClN2O6S/c1-16-2-3-17(14-28)12-22(16)23-13-26(23,25(32)33)29(15-24(30)31)36(34,35)21-10-6-19(7-11-21)18-4-8-20(27)9-5-18/h3-12,16,23H,2,13,15H2,1H3,(H,30,31)(H,32,33). The number of sulfonamides is 1. The summed E-state index contributed by atoms with van der Waals surface area (Å²) in [7, 11) is -4.51. The number of carboxylic acids is 2. The lowest BCUT2D eigenvalue weighted by molar-refractivity contribution is -0.145. The molecule has 0 amide bonds. The number of nitriles is 1. The second-order valence-electron chi connectivity index (χ2n) is 8.98. The molecule has 36 heavy (non-hydrogen) atoms. The Hall–Kier alpha value is -3.45. The number of halogens is 1. The topological polar surface area (TPSA) is 136 Å². The van der Waals surface area contributed by atoms with Gasteiger partial charge in [0.25, 0.3) is 0 Å². The average Bonchev–Trinajstić information content (AvgIpc) is 3.60. The summed E-state index contributed by atoms with van der Waals surface area (Å²) in [5, 5.41) is 29.6. The van der Waals surface area contributed by atoms with Crippen LogP contribution in [0.3, 0.4) is 0 Å². The van der Waals surface area contributed by atoms with E-state index in [2.05, 4.69) is 0 Å². The lowest BCUT2D eigenvalue weighted by Gasteiger charge is -2.29. The Bertz CT molecular complexity index is 1420. The Morgan fingerprint density at radius 2 is 1.69 bits per heavy atom. The van der Waals surface area contributed by atoms with Gasteiger partial charge in [-0.1, -0.05) is 54.4 Å². The molecule has 3 unspecified atom stereocenters. The molecule has 8 nitrogen and oxygen atoms in total. The third-order valence-electron chi connectivity index (χ3n) is 6.76. The van der Waals surface area contributed by atoms with Gasteiger partial charge in [-0.25, -0.2) is 8.42 Å². The molecule has 0 spiro atoms. The Labute approximate surface area is 213 Å². The first-order valence-corrected chi connectivity index (χ1v) is 13.0. The number of allylic oxidation sites excluding steroid dienone is 3. The molecule has 0 heterocycles. The van der Waals surface area contributed by atoms with Gasteiger partial charge in [0, 0.05) is 16.5 Å². The van der Waals surface area contributed by atoms with Crippen LogP contribution in [-0.2, 0) is 19.6 Å². The van der Waals surface area contributed by atoms with Gasteiger partial charge in [0.1, 0.15) is 12.1 Å². The van der Waals surface area contributed by atoms with Gasteiger partial charge in [0.05, 0.1) is 11.0 Å². The summed E-state index contributed by atoms with van der Waals surface area (Å²) in [6.07, 6.45) is 3.77. The summed E-state index contributed by atoms with van der Waals surface area (Å²) in [6.45, 7) is 0.861. The van der Waals surface area contributed by atoms with E-state index in [9.17, 15) is 33.5 Å². The van der Waals surface area contributed by atoms with Crippen LogP contribution in [-0.4, -0.2) is 47.0 Å². The number of hydrogen-bond donors (Lipinski definition) is 2. The predicted molar refractivity (Wildman–Crippen MR) is 132 cm³/mol. The van der Waals surface area contributed by atoms with E-state index in [4.69, 9.17) is 11.6 Å². The lowest BCUT2D eigenvalue weighted by atomic mass is 9.86. The molecule has 0 aliphatic heterocycles. The molecule has 0 radical (unpaired) electrons. The van der Waals surface area contributed by atoms with Crippen LogP contribution in [0.2, 0.25) is 5.02 Å². The molecule has 2 aliphatic carbocycles. The minimum atomic E-state index is -4.51. The van der Waals surface area contributed by atoms with Crippen LogP contribution in [0.15, 0.2) is 76.7 Å². The third kappa shape index (κ3) is 4.55. The molecule has 2 aromatic carbocycles. The molecule has 4 rings (SSSR count). The van der Waals surface area contributed by atoms with Crippen molar-refractivity contribution in [1.29, 1.82) is 5.26 Å². The third-order valence-corrected chi connectivity index (χ3v) is 8.91. The zero-order valence-corrected chi connectivity index (χ0v) is 20.8. The molecule has 2 N–H and O–H groups in total.